The third-order valence-electron chi connectivity index (χ3n) is 5.78. The first-order chi connectivity index (χ1) is 14.9. The predicted molar refractivity (Wildman–Crippen MR) is 122 cm³/mol. The minimum Gasteiger partial charge on any atom is -0.491 e. The standard InChI is InChI=1S/C24H33FN2O3S/c1-4-17(2)13-26(14-18(3)28)15-24(29)27-11-9-23-21(10-12-31-23)22(27)16-30-20-7-5-19(25)6-8-20/h5-8,10,12,17-18,22,28H,4,9,11,13-16H2,1-3H3/t17-,18+,22-/m0/s1. The molecule has 1 aliphatic rings. The summed E-state index contributed by atoms with van der Waals surface area (Å²) >= 11 is 1.71. The topological polar surface area (TPSA) is 53.0 Å². The fraction of sp³-hybridized carbons (Fsp3) is 0.542. The SMILES string of the molecule is CC[C@H](C)CN(CC(=O)N1CCc2sccc2[C@@H]1COc1ccc(F)cc1)C[C@@H](C)O. The molecular formula is C24H33FN2O3S. The van der Waals surface area contributed by atoms with E-state index in [9.17, 15) is 14.3 Å². The Morgan fingerprint density at radius 3 is 2.71 bits per heavy atom. The number of fused-ring (bicyclic) bond motifs is 1. The molecule has 1 amide bonds. The number of hydrogen-bond donors (Lipinski definition) is 1. The normalized spacial score (nSPS) is 18.0. The first-order valence-corrected chi connectivity index (χ1v) is 11.9. The molecule has 170 valence electrons. The molecule has 1 aliphatic heterocycles. The second-order valence-corrected chi connectivity index (χ2v) is 9.47. The van der Waals surface area contributed by atoms with E-state index in [-0.39, 0.29) is 24.3 Å². The number of hydrogen-bond acceptors (Lipinski definition) is 5. The van der Waals surface area contributed by atoms with Crippen LogP contribution in [0.1, 0.15) is 43.7 Å². The van der Waals surface area contributed by atoms with Gasteiger partial charge in [0.05, 0.1) is 18.7 Å². The van der Waals surface area contributed by atoms with Crippen LogP contribution in [-0.4, -0.2) is 59.7 Å². The number of aliphatic hydroxyl groups excluding tert-OH is 1. The van der Waals surface area contributed by atoms with Gasteiger partial charge in [-0.05, 0) is 60.5 Å². The Morgan fingerprint density at radius 1 is 1.29 bits per heavy atom. The zero-order valence-corrected chi connectivity index (χ0v) is 19.4. The molecule has 31 heavy (non-hydrogen) atoms. The minimum absolute atomic E-state index is 0.0495. The van der Waals surface area contributed by atoms with Gasteiger partial charge in [0.1, 0.15) is 18.2 Å². The Morgan fingerprint density at radius 2 is 2.03 bits per heavy atom. The molecule has 7 heteroatoms. The fourth-order valence-electron chi connectivity index (χ4n) is 4.01. The number of carbonyl (C=O) groups is 1. The average Bonchev–Trinajstić information content (AvgIpc) is 3.21. The molecule has 2 aromatic rings. The highest BCUT2D eigenvalue weighted by Gasteiger charge is 2.33. The highest BCUT2D eigenvalue weighted by atomic mass is 32.1. The molecule has 0 fully saturated rings. The van der Waals surface area contributed by atoms with Gasteiger partial charge in [-0.1, -0.05) is 20.3 Å². The monoisotopic (exact) mass is 448 g/mol. The molecule has 1 aromatic carbocycles. The van der Waals surface area contributed by atoms with E-state index in [0.717, 1.165) is 24.9 Å². The molecule has 0 unspecified atom stereocenters. The summed E-state index contributed by atoms with van der Waals surface area (Å²) in [4.78, 5) is 18.6. The summed E-state index contributed by atoms with van der Waals surface area (Å²) in [7, 11) is 0. The summed E-state index contributed by atoms with van der Waals surface area (Å²) in [6.07, 6.45) is 1.38. The lowest BCUT2D eigenvalue weighted by atomic mass is 10.00. The summed E-state index contributed by atoms with van der Waals surface area (Å²) in [6, 6.07) is 7.86. The number of aliphatic hydroxyl groups is 1. The Bertz CT molecular complexity index is 840. The zero-order valence-electron chi connectivity index (χ0n) is 18.6. The van der Waals surface area contributed by atoms with Crippen molar-refractivity contribution in [3.8, 4) is 5.75 Å². The van der Waals surface area contributed by atoms with Crippen molar-refractivity contribution in [1.29, 1.82) is 0 Å². The predicted octanol–water partition coefficient (Wildman–Crippen LogP) is 4.12. The van der Waals surface area contributed by atoms with Crippen LogP contribution in [0.4, 0.5) is 4.39 Å². The minimum atomic E-state index is -0.487. The largest absolute Gasteiger partial charge is 0.491 e. The quantitative estimate of drug-likeness (QED) is 0.594. The lowest BCUT2D eigenvalue weighted by molar-refractivity contribution is -0.136. The molecule has 3 rings (SSSR count). The third-order valence-corrected chi connectivity index (χ3v) is 6.78. The van der Waals surface area contributed by atoms with E-state index >= 15 is 0 Å². The van der Waals surface area contributed by atoms with Crippen LogP contribution in [0.5, 0.6) is 5.75 Å². The first-order valence-electron chi connectivity index (χ1n) is 11.0. The molecule has 0 saturated heterocycles. The first kappa shape index (κ1) is 23.7. The maximum atomic E-state index is 13.4. The highest BCUT2D eigenvalue weighted by molar-refractivity contribution is 7.10. The van der Waals surface area contributed by atoms with E-state index in [0.29, 0.717) is 31.4 Å². The van der Waals surface area contributed by atoms with E-state index in [1.807, 2.05) is 4.90 Å². The van der Waals surface area contributed by atoms with Gasteiger partial charge >= 0.3 is 0 Å². The van der Waals surface area contributed by atoms with Gasteiger partial charge in [0.15, 0.2) is 0 Å². The van der Waals surface area contributed by atoms with Crippen LogP contribution in [0.3, 0.4) is 0 Å². The molecule has 1 aromatic heterocycles. The van der Waals surface area contributed by atoms with Crippen LogP contribution < -0.4 is 4.74 Å². The average molecular weight is 449 g/mol. The van der Waals surface area contributed by atoms with Crippen molar-refractivity contribution >= 4 is 17.2 Å². The molecule has 0 saturated carbocycles. The van der Waals surface area contributed by atoms with E-state index in [4.69, 9.17) is 4.74 Å². The van der Waals surface area contributed by atoms with Crippen molar-refractivity contribution in [2.24, 2.45) is 5.92 Å². The molecule has 5 nitrogen and oxygen atoms in total. The van der Waals surface area contributed by atoms with Crippen LogP contribution in [-0.2, 0) is 11.2 Å². The van der Waals surface area contributed by atoms with E-state index in [2.05, 4.69) is 30.2 Å². The molecular weight excluding hydrogens is 415 g/mol. The smallest absolute Gasteiger partial charge is 0.237 e. The van der Waals surface area contributed by atoms with Gasteiger partial charge in [0.25, 0.3) is 0 Å². The summed E-state index contributed by atoms with van der Waals surface area (Å²) < 4.78 is 19.2. The molecule has 0 spiro atoms. The molecule has 1 N–H and O–H groups in total. The molecule has 3 atom stereocenters. The van der Waals surface area contributed by atoms with Crippen molar-refractivity contribution in [1.82, 2.24) is 9.80 Å². The number of carbonyl (C=O) groups excluding carboxylic acids is 1. The number of ether oxygens (including phenoxy) is 1. The summed E-state index contributed by atoms with van der Waals surface area (Å²) in [5, 5.41) is 12.0. The number of nitrogens with zero attached hydrogens (tertiary/aromatic N) is 2. The maximum absolute atomic E-state index is 13.4. The van der Waals surface area contributed by atoms with Crippen molar-refractivity contribution < 1.29 is 19.0 Å². The third kappa shape index (κ3) is 6.51. The molecule has 2 heterocycles. The second kappa shape index (κ2) is 11.1. The summed E-state index contributed by atoms with van der Waals surface area (Å²) in [5.41, 5.74) is 1.13. The van der Waals surface area contributed by atoms with Crippen molar-refractivity contribution in [2.45, 2.75) is 45.8 Å². The summed E-state index contributed by atoms with van der Waals surface area (Å²) in [5.74, 6) is 0.785. The van der Waals surface area contributed by atoms with Gasteiger partial charge in [-0.15, -0.1) is 11.3 Å². The molecule has 0 radical (unpaired) electrons. The van der Waals surface area contributed by atoms with Gasteiger partial charge in [0, 0.05) is 24.5 Å². The molecule has 0 bridgehead atoms. The van der Waals surface area contributed by atoms with Gasteiger partial charge in [-0.3, -0.25) is 9.69 Å². The van der Waals surface area contributed by atoms with E-state index in [1.54, 1.807) is 30.4 Å². The zero-order chi connectivity index (χ0) is 22.4. The number of thiophene rings is 1. The molecule has 0 aliphatic carbocycles. The highest BCUT2D eigenvalue weighted by Crippen LogP contribution is 2.34. The van der Waals surface area contributed by atoms with Gasteiger partial charge in [-0.2, -0.15) is 0 Å². The van der Waals surface area contributed by atoms with Crippen LogP contribution >= 0.6 is 11.3 Å². The Labute approximate surface area is 188 Å². The number of halogens is 1. The maximum Gasteiger partial charge on any atom is 0.237 e. The lowest BCUT2D eigenvalue weighted by Crippen LogP contribution is -2.48. The fourth-order valence-corrected chi connectivity index (χ4v) is 4.94. The van der Waals surface area contributed by atoms with E-state index < -0.39 is 6.10 Å². The van der Waals surface area contributed by atoms with Crippen molar-refractivity contribution in [3.63, 3.8) is 0 Å². The van der Waals surface area contributed by atoms with Crippen molar-refractivity contribution in [2.75, 3.05) is 32.8 Å². The summed E-state index contributed by atoms with van der Waals surface area (Å²) in [6.45, 7) is 8.56. The van der Waals surface area contributed by atoms with Gasteiger partial charge in [-0.25, -0.2) is 4.39 Å². The Kier molecular flexibility index (Phi) is 8.46. The van der Waals surface area contributed by atoms with Crippen LogP contribution in [0.15, 0.2) is 35.7 Å². The van der Waals surface area contributed by atoms with Crippen LogP contribution in [0.2, 0.25) is 0 Å². The number of benzene rings is 1. The Hall–Kier alpha value is -1.96. The van der Waals surface area contributed by atoms with Crippen molar-refractivity contribution in [3.05, 3.63) is 52.0 Å². The van der Waals surface area contributed by atoms with Gasteiger partial charge < -0.3 is 14.7 Å². The van der Waals surface area contributed by atoms with Crippen LogP contribution in [0, 0.1) is 11.7 Å². The lowest BCUT2D eigenvalue weighted by Gasteiger charge is -2.37. The second-order valence-electron chi connectivity index (χ2n) is 8.47. The number of rotatable bonds is 10. The Balaban J connectivity index is 1.73. The number of amides is 1. The van der Waals surface area contributed by atoms with E-state index in [1.165, 1.54) is 17.0 Å². The van der Waals surface area contributed by atoms with Crippen LogP contribution in [0.25, 0.3) is 0 Å². The van der Waals surface area contributed by atoms with Gasteiger partial charge in [0.2, 0.25) is 5.91 Å².